The average Bonchev–Trinajstić information content (AvgIpc) is 2.35. The highest BCUT2D eigenvalue weighted by atomic mass is 16.2. The molecule has 1 aromatic carbocycles. The van der Waals surface area contributed by atoms with E-state index in [-0.39, 0.29) is 11.8 Å². The second kappa shape index (κ2) is 6.40. The highest BCUT2D eigenvalue weighted by molar-refractivity contribution is 5.95. The zero-order chi connectivity index (χ0) is 12.8. The van der Waals surface area contributed by atoms with Gasteiger partial charge in [0, 0.05) is 19.3 Å². The van der Waals surface area contributed by atoms with Gasteiger partial charge in [0.05, 0.1) is 5.92 Å². The molecule has 17 heavy (non-hydrogen) atoms. The topological polar surface area (TPSA) is 46.3 Å². The number of rotatable bonds is 5. The van der Waals surface area contributed by atoms with Gasteiger partial charge in [0.1, 0.15) is 0 Å². The molecule has 0 heterocycles. The number of hydrogen-bond acceptors (Lipinski definition) is 2. The van der Waals surface area contributed by atoms with Gasteiger partial charge in [0.15, 0.2) is 0 Å². The molecule has 0 aliphatic rings. The molecule has 0 fully saturated rings. The van der Waals surface area contributed by atoms with Crippen LogP contribution < -0.4 is 10.6 Å². The Hall–Kier alpha value is -1.35. The number of nitrogens with zero attached hydrogens (tertiary/aromatic N) is 1. The minimum Gasteiger partial charge on any atom is -0.330 e. The molecule has 0 spiro atoms. The van der Waals surface area contributed by atoms with Gasteiger partial charge >= 0.3 is 0 Å². The molecule has 0 radical (unpaired) electrons. The van der Waals surface area contributed by atoms with Crippen LogP contribution >= 0.6 is 0 Å². The van der Waals surface area contributed by atoms with Crippen LogP contribution in [-0.4, -0.2) is 19.5 Å². The summed E-state index contributed by atoms with van der Waals surface area (Å²) >= 11 is 0. The summed E-state index contributed by atoms with van der Waals surface area (Å²) in [6, 6.07) is 7.90. The van der Waals surface area contributed by atoms with Crippen LogP contribution in [0.15, 0.2) is 24.3 Å². The lowest BCUT2D eigenvalue weighted by molar-refractivity contribution is -0.122. The van der Waals surface area contributed by atoms with Crippen molar-refractivity contribution in [3.05, 3.63) is 29.8 Å². The summed E-state index contributed by atoms with van der Waals surface area (Å²) in [5.41, 5.74) is 7.74. The van der Waals surface area contributed by atoms with Crippen LogP contribution in [-0.2, 0) is 4.79 Å². The van der Waals surface area contributed by atoms with Crippen molar-refractivity contribution in [3.63, 3.8) is 0 Å². The highest BCUT2D eigenvalue weighted by Gasteiger charge is 2.21. The minimum absolute atomic E-state index is 0.0652. The van der Waals surface area contributed by atoms with Gasteiger partial charge in [0.25, 0.3) is 0 Å². The van der Waals surface area contributed by atoms with E-state index in [4.69, 9.17) is 5.73 Å². The van der Waals surface area contributed by atoms with Crippen LogP contribution in [0.3, 0.4) is 0 Å². The van der Waals surface area contributed by atoms with E-state index >= 15 is 0 Å². The van der Waals surface area contributed by atoms with E-state index in [1.54, 1.807) is 4.90 Å². The van der Waals surface area contributed by atoms with Crippen molar-refractivity contribution < 1.29 is 4.79 Å². The Bertz CT molecular complexity index is 376. The fourth-order valence-electron chi connectivity index (χ4n) is 2.02. The number of anilines is 1. The number of carbonyl (C=O) groups is 1. The second-order valence-corrected chi connectivity index (χ2v) is 4.41. The van der Waals surface area contributed by atoms with Crippen LogP contribution in [0.4, 0.5) is 5.69 Å². The van der Waals surface area contributed by atoms with Crippen LogP contribution in [0.1, 0.15) is 25.3 Å². The average molecular weight is 234 g/mol. The van der Waals surface area contributed by atoms with Crippen LogP contribution in [0, 0.1) is 12.8 Å². The van der Waals surface area contributed by atoms with Gasteiger partial charge in [-0.1, -0.05) is 31.5 Å². The molecule has 0 aliphatic carbocycles. The van der Waals surface area contributed by atoms with Crippen molar-refractivity contribution in [1.29, 1.82) is 0 Å². The van der Waals surface area contributed by atoms with E-state index in [1.807, 2.05) is 38.2 Å². The summed E-state index contributed by atoms with van der Waals surface area (Å²) in [5, 5.41) is 0. The smallest absolute Gasteiger partial charge is 0.231 e. The lowest BCUT2D eigenvalue weighted by Crippen LogP contribution is -2.36. The number of hydrogen-bond donors (Lipinski definition) is 1. The van der Waals surface area contributed by atoms with E-state index in [2.05, 4.69) is 6.92 Å². The molecule has 1 aromatic rings. The van der Waals surface area contributed by atoms with E-state index in [0.717, 1.165) is 24.1 Å². The Labute approximate surface area is 104 Å². The molecule has 1 amide bonds. The Morgan fingerprint density at radius 2 is 2.06 bits per heavy atom. The molecule has 94 valence electrons. The Morgan fingerprint density at radius 3 is 2.59 bits per heavy atom. The lowest BCUT2D eigenvalue weighted by atomic mass is 10.0. The summed E-state index contributed by atoms with van der Waals surface area (Å²) in [6.07, 6.45) is 1.83. The molecule has 1 unspecified atom stereocenters. The predicted molar refractivity (Wildman–Crippen MR) is 72.0 cm³/mol. The molecular formula is C14H22N2O. The molecule has 3 heteroatoms. The van der Waals surface area contributed by atoms with E-state index < -0.39 is 0 Å². The van der Waals surface area contributed by atoms with Gasteiger partial charge in [-0.15, -0.1) is 0 Å². The maximum Gasteiger partial charge on any atom is 0.231 e. The number of para-hydroxylation sites is 1. The first-order chi connectivity index (χ1) is 8.11. The first-order valence-electron chi connectivity index (χ1n) is 6.15. The Morgan fingerprint density at radius 1 is 1.41 bits per heavy atom. The van der Waals surface area contributed by atoms with Gasteiger partial charge in [-0.05, 0) is 25.0 Å². The SMILES string of the molecule is CCCC(CN)C(=O)N(C)c1ccccc1C. The van der Waals surface area contributed by atoms with Gasteiger partial charge < -0.3 is 10.6 Å². The molecule has 0 bridgehead atoms. The first-order valence-corrected chi connectivity index (χ1v) is 6.15. The number of carbonyl (C=O) groups excluding carboxylic acids is 1. The van der Waals surface area contributed by atoms with Crippen LogP contribution in [0.25, 0.3) is 0 Å². The third-order valence-corrected chi connectivity index (χ3v) is 3.08. The van der Waals surface area contributed by atoms with Crippen molar-refractivity contribution in [2.75, 3.05) is 18.5 Å². The predicted octanol–water partition coefficient (Wildman–Crippen LogP) is 2.33. The Kier molecular flexibility index (Phi) is 5.16. The zero-order valence-electron chi connectivity index (χ0n) is 10.9. The maximum absolute atomic E-state index is 12.3. The van der Waals surface area contributed by atoms with Crippen LogP contribution in [0.5, 0.6) is 0 Å². The van der Waals surface area contributed by atoms with Crippen molar-refractivity contribution >= 4 is 11.6 Å². The van der Waals surface area contributed by atoms with Gasteiger partial charge in [-0.3, -0.25) is 4.79 Å². The largest absolute Gasteiger partial charge is 0.330 e. The quantitative estimate of drug-likeness (QED) is 0.850. The van der Waals surface area contributed by atoms with Gasteiger partial charge in [-0.25, -0.2) is 0 Å². The number of benzene rings is 1. The lowest BCUT2D eigenvalue weighted by Gasteiger charge is -2.24. The molecule has 2 N–H and O–H groups in total. The molecule has 0 aromatic heterocycles. The summed E-state index contributed by atoms with van der Waals surface area (Å²) in [6.45, 7) is 4.50. The summed E-state index contributed by atoms with van der Waals surface area (Å²) < 4.78 is 0. The third kappa shape index (κ3) is 3.30. The van der Waals surface area contributed by atoms with Crippen molar-refractivity contribution in [1.82, 2.24) is 0 Å². The van der Waals surface area contributed by atoms with Gasteiger partial charge in [-0.2, -0.15) is 0 Å². The standard InChI is InChI=1S/C14H22N2O/c1-4-7-12(10-15)14(17)16(3)13-9-6-5-8-11(13)2/h5-6,8-9,12H,4,7,10,15H2,1-3H3. The molecule has 1 rings (SSSR count). The summed E-state index contributed by atoms with van der Waals surface area (Å²) in [7, 11) is 1.82. The van der Waals surface area contributed by atoms with Crippen molar-refractivity contribution in [3.8, 4) is 0 Å². The normalized spacial score (nSPS) is 12.2. The van der Waals surface area contributed by atoms with Gasteiger partial charge in [0.2, 0.25) is 5.91 Å². The monoisotopic (exact) mass is 234 g/mol. The molecular weight excluding hydrogens is 212 g/mol. The van der Waals surface area contributed by atoms with Crippen molar-refractivity contribution in [2.24, 2.45) is 11.7 Å². The summed E-state index contributed by atoms with van der Waals surface area (Å²) in [4.78, 5) is 14.0. The fourth-order valence-corrected chi connectivity index (χ4v) is 2.02. The highest BCUT2D eigenvalue weighted by Crippen LogP contribution is 2.20. The molecule has 0 aliphatic heterocycles. The maximum atomic E-state index is 12.3. The van der Waals surface area contributed by atoms with E-state index in [9.17, 15) is 4.79 Å². The number of nitrogens with two attached hydrogens (primary N) is 1. The molecule has 0 saturated carbocycles. The second-order valence-electron chi connectivity index (χ2n) is 4.41. The number of aryl methyl sites for hydroxylation is 1. The van der Waals surface area contributed by atoms with E-state index in [0.29, 0.717) is 6.54 Å². The summed E-state index contributed by atoms with van der Waals surface area (Å²) in [5.74, 6) is 0.0493. The third-order valence-electron chi connectivity index (χ3n) is 3.08. The molecule has 3 nitrogen and oxygen atoms in total. The molecule has 0 saturated heterocycles. The van der Waals surface area contributed by atoms with Crippen molar-refractivity contribution in [2.45, 2.75) is 26.7 Å². The fraction of sp³-hybridized carbons (Fsp3) is 0.500. The minimum atomic E-state index is -0.0652. The van der Waals surface area contributed by atoms with E-state index in [1.165, 1.54) is 0 Å². The van der Waals surface area contributed by atoms with Crippen LogP contribution in [0.2, 0.25) is 0 Å². The first kappa shape index (κ1) is 13.7. The number of amides is 1. The molecule has 1 atom stereocenters. The zero-order valence-corrected chi connectivity index (χ0v) is 10.9. The Balaban J connectivity index is 2.85.